The molecule has 1 N–H and O–H groups in total. The molecule has 0 radical (unpaired) electrons. The molecule has 0 atom stereocenters. The molecule has 0 rings (SSSR count). The van der Waals surface area contributed by atoms with Gasteiger partial charge in [0.15, 0.2) is 0 Å². The number of unbranched alkanes of at least 4 members (excludes halogenated alkanes) is 28. The zero-order chi connectivity index (χ0) is 27.6. The highest BCUT2D eigenvalue weighted by molar-refractivity contribution is 4.53. The number of hydrogen-bond acceptors (Lipinski definition) is 3. The van der Waals surface area contributed by atoms with Gasteiger partial charge in [-0.15, -0.1) is 0 Å². The second kappa shape index (κ2) is 34.4. The van der Waals surface area contributed by atoms with E-state index in [1.807, 2.05) is 0 Å². The second-order valence-corrected chi connectivity index (χ2v) is 12.1. The number of nitro groups is 1. The van der Waals surface area contributed by atoms with E-state index in [1.165, 1.54) is 180 Å². The lowest BCUT2D eigenvalue weighted by Crippen LogP contribution is -2.17. The van der Waals surface area contributed by atoms with E-state index in [-0.39, 0.29) is 11.5 Å². The highest BCUT2D eigenvalue weighted by Crippen LogP contribution is 2.16. The molecule has 4 heteroatoms. The Hall–Kier alpha value is -0.640. The molecule has 0 saturated carbocycles. The Balaban J connectivity index is 3.02. The molecule has 0 aliphatic heterocycles. The Kier molecular flexibility index (Phi) is 33.8. The lowest BCUT2D eigenvalue weighted by molar-refractivity contribution is -0.480. The van der Waals surface area contributed by atoms with Gasteiger partial charge >= 0.3 is 0 Å². The van der Waals surface area contributed by atoms with Crippen molar-refractivity contribution >= 4 is 0 Å². The van der Waals surface area contributed by atoms with Crippen LogP contribution >= 0.6 is 0 Å². The molecule has 0 aromatic rings. The van der Waals surface area contributed by atoms with Crippen molar-refractivity contribution in [2.24, 2.45) is 0 Å². The van der Waals surface area contributed by atoms with Crippen LogP contribution in [0.15, 0.2) is 0 Å². The van der Waals surface area contributed by atoms with E-state index >= 15 is 0 Å². The standard InChI is InChI=1S/C34H70N2O2/c1-2-3-4-5-6-7-8-9-10-11-12-13-14-15-16-17-18-19-20-21-22-23-24-25-26-27-28-29-32-35-33-30-31-34-36(37)38/h35H,2-34H2,1H3. The number of rotatable bonds is 34. The fourth-order valence-electron chi connectivity index (χ4n) is 5.54. The van der Waals surface area contributed by atoms with Crippen LogP contribution in [-0.4, -0.2) is 24.6 Å². The number of hydrogen-bond donors (Lipinski definition) is 1. The van der Waals surface area contributed by atoms with Crippen molar-refractivity contribution in [3.63, 3.8) is 0 Å². The summed E-state index contributed by atoms with van der Waals surface area (Å²) in [5.41, 5.74) is 0. The van der Waals surface area contributed by atoms with Crippen molar-refractivity contribution in [1.82, 2.24) is 5.32 Å². The molecule has 0 saturated heterocycles. The molecule has 38 heavy (non-hydrogen) atoms. The predicted octanol–water partition coefficient (Wildman–Crippen LogP) is 11.6. The van der Waals surface area contributed by atoms with Gasteiger partial charge in [-0.25, -0.2) is 0 Å². The van der Waals surface area contributed by atoms with Crippen LogP contribution in [-0.2, 0) is 0 Å². The maximum atomic E-state index is 10.3. The van der Waals surface area contributed by atoms with Gasteiger partial charge in [0.1, 0.15) is 0 Å². The molecule has 0 spiro atoms. The SMILES string of the molecule is CCCCCCCCCCCCCCCCCCCCCCCCCCCCCCNCCCC[N+](=O)[O-]. The maximum Gasteiger partial charge on any atom is 0.203 e. The minimum absolute atomic E-state index is 0.112. The van der Waals surface area contributed by atoms with Crippen molar-refractivity contribution in [1.29, 1.82) is 0 Å². The summed E-state index contributed by atoms with van der Waals surface area (Å²) in [6.07, 6.45) is 41.9. The largest absolute Gasteiger partial charge is 0.317 e. The van der Waals surface area contributed by atoms with Gasteiger partial charge in [0.05, 0.1) is 0 Å². The summed E-state index contributed by atoms with van der Waals surface area (Å²) in [5, 5.41) is 13.7. The molecule has 0 aromatic heterocycles. The molecular formula is C34H70N2O2. The smallest absolute Gasteiger partial charge is 0.203 e. The zero-order valence-corrected chi connectivity index (χ0v) is 26.1. The summed E-state index contributed by atoms with van der Waals surface area (Å²) in [6.45, 7) is 4.40. The predicted molar refractivity (Wildman–Crippen MR) is 169 cm³/mol. The van der Waals surface area contributed by atoms with E-state index in [1.54, 1.807) is 0 Å². The van der Waals surface area contributed by atoms with E-state index in [9.17, 15) is 10.1 Å². The van der Waals surface area contributed by atoms with Crippen LogP contribution < -0.4 is 5.32 Å². The van der Waals surface area contributed by atoms with E-state index in [0.29, 0.717) is 6.42 Å². The molecule has 0 unspecified atom stereocenters. The van der Waals surface area contributed by atoms with Crippen LogP contribution in [0, 0.1) is 10.1 Å². The number of nitrogens with zero attached hydrogens (tertiary/aromatic N) is 1. The Morgan fingerprint density at radius 2 is 0.632 bits per heavy atom. The first-order valence-electron chi connectivity index (χ1n) is 17.6. The van der Waals surface area contributed by atoms with Crippen molar-refractivity contribution in [2.75, 3.05) is 19.6 Å². The fraction of sp³-hybridized carbons (Fsp3) is 1.00. The summed E-state index contributed by atoms with van der Waals surface area (Å²) >= 11 is 0. The van der Waals surface area contributed by atoms with E-state index in [4.69, 9.17) is 0 Å². The lowest BCUT2D eigenvalue weighted by atomic mass is 10.0. The van der Waals surface area contributed by atoms with E-state index < -0.39 is 0 Å². The molecule has 0 aromatic carbocycles. The lowest BCUT2D eigenvalue weighted by Gasteiger charge is -2.05. The van der Waals surface area contributed by atoms with Gasteiger partial charge in [-0.2, -0.15) is 0 Å². The van der Waals surface area contributed by atoms with Gasteiger partial charge in [0.25, 0.3) is 0 Å². The van der Waals surface area contributed by atoms with Gasteiger partial charge in [0.2, 0.25) is 6.54 Å². The van der Waals surface area contributed by atoms with Crippen LogP contribution in [0.3, 0.4) is 0 Å². The van der Waals surface area contributed by atoms with Crippen molar-refractivity contribution in [2.45, 2.75) is 200 Å². The Labute approximate surface area is 239 Å². The van der Waals surface area contributed by atoms with Gasteiger partial charge in [0, 0.05) is 11.3 Å². The summed E-state index contributed by atoms with van der Waals surface area (Å²) < 4.78 is 0. The molecule has 0 bridgehead atoms. The van der Waals surface area contributed by atoms with Crippen molar-refractivity contribution in [3.8, 4) is 0 Å². The first-order valence-corrected chi connectivity index (χ1v) is 17.6. The molecule has 0 amide bonds. The van der Waals surface area contributed by atoms with Crippen LogP contribution in [0.2, 0.25) is 0 Å². The molecule has 0 aliphatic rings. The van der Waals surface area contributed by atoms with Gasteiger partial charge in [-0.05, 0) is 25.9 Å². The maximum absolute atomic E-state index is 10.3. The van der Waals surface area contributed by atoms with Crippen molar-refractivity contribution in [3.05, 3.63) is 10.1 Å². The zero-order valence-electron chi connectivity index (χ0n) is 26.1. The summed E-state index contributed by atoms with van der Waals surface area (Å²) in [5.74, 6) is 0. The first kappa shape index (κ1) is 37.4. The Bertz CT molecular complexity index is 444. The molecule has 4 nitrogen and oxygen atoms in total. The molecule has 0 aliphatic carbocycles. The van der Waals surface area contributed by atoms with Crippen molar-refractivity contribution < 1.29 is 4.92 Å². The van der Waals surface area contributed by atoms with Crippen LogP contribution in [0.25, 0.3) is 0 Å². The highest BCUT2D eigenvalue weighted by Gasteiger charge is 1.98. The van der Waals surface area contributed by atoms with Gasteiger partial charge in [-0.1, -0.05) is 180 Å². The summed E-state index contributed by atoms with van der Waals surface area (Å²) in [6, 6.07) is 0. The topological polar surface area (TPSA) is 55.2 Å². The Morgan fingerprint density at radius 1 is 0.395 bits per heavy atom. The minimum atomic E-state index is -0.219. The average molecular weight is 539 g/mol. The second-order valence-electron chi connectivity index (χ2n) is 12.1. The molecule has 0 fully saturated rings. The summed E-state index contributed by atoms with van der Waals surface area (Å²) in [7, 11) is 0. The van der Waals surface area contributed by atoms with Crippen LogP contribution in [0.1, 0.15) is 200 Å². The monoisotopic (exact) mass is 539 g/mol. The van der Waals surface area contributed by atoms with E-state index in [2.05, 4.69) is 12.2 Å². The quantitative estimate of drug-likeness (QED) is 0.0503. The normalized spacial score (nSPS) is 11.4. The third-order valence-electron chi connectivity index (χ3n) is 8.15. The van der Waals surface area contributed by atoms with E-state index in [0.717, 1.165) is 19.5 Å². The van der Waals surface area contributed by atoms with Gasteiger partial charge in [-0.3, -0.25) is 10.1 Å². The third kappa shape index (κ3) is 35.4. The summed E-state index contributed by atoms with van der Waals surface area (Å²) in [4.78, 5) is 10.0. The minimum Gasteiger partial charge on any atom is -0.317 e. The number of nitrogens with one attached hydrogen (secondary N) is 1. The third-order valence-corrected chi connectivity index (χ3v) is 8.15. The average Bonchev–Trinajstić information content (AvgIpc) is 2.91. The Morgan fingerprint density at radius 3 is 0.895 bits per heavy atom. The molecule has 0 heterocycles. The van der Waals surface area contributed by atoms with Crippen LogP contribution in [0.4, 0.5) is 0 Å². The molecule has 228 valence electrons. The highest BCUT2D eigenvalue weighted by atomic mass is 16.6. The first-order chi connectivity index (χ1) is 18.8. The van der Waals surface area contributed by atoms with Gasteiger partial charge < -0.3 is 5.32 Å². The van der Waals surface area contributed by atoms with Crippen LogP contribution in [0.5, 0.6) is 0 Å². The molecular weight excluding hydrogens is 468 g/mol. The fourth-order valence-corrected chi connectivity index (χ4v) is 5.54.